The molecule has 2 aromatic rings. The molecule has 2 rings (SSSR count). The predicted octanol–water partition coefficient (Wildman–Crippen LogP) is 1.99. The number of fused-ring (bicyclic) bond motifs is 1. The zero-order valence-electron chi connectivity index (χ0n) is 10.2. The number of para-hydroxylation sites is 1. The molecule has 0 saturated heterocycles. The first-order valence-electron chi connectivity index (χ1n) is 5.64. The Kier molecular flexibility index (Phi) is 3.96. The lowest BCUT2D eigenvalue weighted by atomic mass is 10.2. The molecule has 0 aliphatic rings. The van der Waals surface area contributed by atoms with Gasteiger partial charge in [-0.15, -0.1) is 0 Å². The van der Waals surface area contributed by atoms with E-state index in [4.69, 9.17) is 0 Å². The van der Waals surface area contributed by atoms with Crippen molar-refractivity contribution in [2.75, 3.05) is 6.61 Å². The Morgan fingerprint density at radius 3 is 2.45 bits per heavy atom. The molecule has 0 radical (unpaired) electrons. The van der Waals surface area contributed by atoms with E-state index in [2.05, 4.69) is 4.18 Å². The minimum atomic E-state index is -5.53. The number of hydrogen-bond acceptors (Lipinski definition) is 3. The van der Waals surface area contributed by atoms with E-state index in [0.717, 1.165) is 10.9 Å². The molecule has 0 fully saturated rings. The normalized spacial score (nSPS) is 12.8. The van der Waals surface area contributed by atoms with Gasteiger partial charge in [0.2, 0.25) is 5.52 Å². The highest BCUT2D eigenvalue weighted by Crippen LogP contribution is 2.24. The zero-order valence-corrected chi connectivity index (χ0v) is 11.0. The van der Waals surface area contributed by atoms with Gasteiger partial charge in [0, 0.05) is 17.5 Å². The minimum Gasteiger partial charge on any atom is -0.256 e. The van der Waals surface area contributed by atoms with Gasteiger partial charge in [0.15, 0.2) is 12.7 Å². The van der Waals surface area contributed by atoms with Crippen LogP contribution < -0.4 is 4.57 Å². The standard InChI is InChI=1S/C12H11F3NO3S/c13-12(14,15)20(17,18)19-9-8-16-7-3-5-10-4-1-2-6-11(10)16/h1-7H,8-9H2/q+1. The molecule has 0 unspecified atom stereocenters. The van der Waals surface area contributed by atoms with Gasteiger partial charge in [0.1, 0.15) is 6.61 Å². The molecule has 0 amide bonds. The zero-order chi connectivity index (χ0) is 14.8. The number of rotatable bonds is 4. The Morgan fingerprint density at radius 1 is 1.10 bits per heavy atom. The monoisotopic (exact) mass is 306 g/mol. The van der Waals surface area contributed by atoms with Crippen LogP contribution in [0.5, 0.6) is 0 Å². The highest BCUT2D eigenvalue weighted by atomic mass is 32.2. The molecule has 1 aromatic heterocycles. The molecule has 1 aromatic carbocycles. The lowest BCUT2D eigenvalue weighted by molar-refractivity contribution is -0.672. The second-order valence-electron chi connectivity index (χ2n) is 3.98. The van der Waals surface area contributed by atoms with Gasteiger partial charge in [0.25, 0.3) is 0 Å². The van der Waals surface area contributed by atoms with Crippen LogP contribution in [0.4, 0.5) is 13.2 Å². The summed E-state index contributed by atoms with van der Waals surface area (Å²) in [5.74, 6) is 0. The summed E-state index contributed by atoms with van der Waals surface area (Å²) in [6.07, 6.45) is 1.64. The van der Waals surface area contributed by atoms with Crippen molar-refractivity contribution < 1.29 is 30.3 Å². The predicted molar refractivity (Wildman–Crippen MR) is 65.1 cm³/mol. The number of alkyl halides is 3. The summed E-state index contributed by atoms with van der Waals surface area (Å²) in [6.45, 7) is -0.586. The van der Waals surface area contributed by atoms with Crippen LogP contribution in [-0.2, 0) is 20.8 Å². The molecule has 0 N–H and O–H groups in total. The van der Waals surface area contributed by atoms with Crippen molar-refractivity contribution >= 4 is 21.0 Å². The molecule has 20 heavy (non-hydrogen) atoms. The Balaban J connectivity index is 2.11. The molecule has 0 spiro atoms. The summed E-state index contributed by atoms with van der Waals surface area (Å²) in [6, 6.07) is 10.8. The van der Waals surface area contributed by atoms with E-state index in [1.807, 2.05) is 18.2 Å². The van der Waals surface area contributed by atoms with Crippen molar-refractivity contribution in [3.8, 4) is 0 Å². The summed E-state index contributed by atoms with van der Waals surface area (Å²) in [5.41, 5.74) is -4.61. The summed E-state index contributed by atoms with van der Waals surface area (Å²) >= 11 is 0. The van der Waals surface area contributed by atoms with Crippen LogP contribution in [0.25, 0.3) is 10.9 Å². The second kappa shape index (κ2) is 5.37. The fourth-order valence-electron chi connectivity index (χ4n) is 1.73. The van der Waals surface area contributed by atoms with Gasteiger partial charge in [-0.2, -0.15) is 26.2 Å². The van der Waals surface area contributed by atoms with Crippen LogP contribution in [0.3, 0.4) is 0 Å². The third-order valence-corrected chi connectivity index (χ3v) is 3.69. The Hall–Kier alpha value is -1.67. The molecular weight excluding hydrogens is 295 g/mol. The molecule has 0 saturated carbocycles. The van der Waals surface area contributed by atoms with E-state index in [9.17, 15) is 21.6 Å². The van der Waals surface area contributed by atoms with Gasteiger partial charge in [-0.25, -0.2) is 0 Å². The van der Waals surface area contributed by atoms with Crippen molar-refractivity contribution in [3.63, 3.8) is 0 Å². The summed E-state index contributed by atoms with van der Waals surface area (Å²) in [5, 5.41) is 0.897. The van der Waals surface area contributed by atoms with E-state index in [0.29, 0.717) is 0 Å². The fourth-order valence-corrected chi connectivity index (χ4v) is 2.16. The van der Waals surface area contributed by atoms with Gasteiger partial charge in [0.05, 0.1) is 0 Å². The van der Waals surface area contributed by atoms with E-state index in [-0.39, 0.29) is 6.54 Å². The van der Waals surface area contributed by atoms with Gasteiger partial charge < -0.3 is 0 Å². The van der Waals surface area contributed by atoms with Crippen molar-refractivity contribution in [1.29, 1.82) is 0 Å². The Labute approximate surface area is 113 Å². The van der Waals surface area contributed by atoms with Gasteiger partial charge in [-0.05, 0) is 12.1 Å². The van der Waals surface area contributed by atoms with Gasteiger partial charge in [-0.3, -0.25) is 4.18 Å². The minimum absolute atomic E-state index is 0.00331. The molecule has 8 heteroatoms. The molecule has 108 valence electrons. The van der Waals surface area contributed by atoms with Gasteiger partial charge in [-0.1, -0.05) is 12.1 Å². The van der Waals surface area contributed by atoms with Crippen LogP contribution in [0, 0.1) is 0 Å². The molecule has 0 aliphatic carbocycles. The third kappa shape index (κ3) is 3.07. The number of pyridine rings is 1. The second-order valence-corrected chi connectivity index (χ2v) is 5.59. The number of aromatic nitrogens is 1. The molecule has 0 aliphatic heterocycles. The highest BCUT2D eigenvalue weighted by Gasteiger charge is 2.47. The van der Waals surface area contributed by atoms with E-state index in [1.54, 1.807) is 29.0 Å². The number of halogens is 3. The SMILES string of the molecule is O=S(=O)(OCC[n+]1cccc2ccccc21)C(F)(F)F. The highest BCUT2D eigenvalue weighted by molar-refractivity contribution is 7.87. The molecular formula is C12H11F3NO3S+. The first kappa shape index (κ1) is 14.7. The van der Waals surface area contributed by atoms with Crippen molar-refractivity contribution in [3.05, 3.63) is 42.6 Å². The van der Waals surface area contributed by atoms with Crippen LogP contribution in [-0.4, -0.2) is 20.5 Å². The summed E-state index contributed by atoms with van der Waals surface area (Å²) < 4.78 is 63.4. The van der Waals surface area contributed by atoms with E-state index >= 15 is 0 Å². The third-order valence-electron chi connectivity index (χ3n) is 2.64. The number of nitrogens with zero attached hydrogens (tertiary/aromatic N) is 1. The first-order chi connectivity index (χ1) is 9.31. The largest absolute Gasteiger partial charge is 0.523 e. The average molecular weight is 306 g/mol. The van der Waals surface area contributed by atoms with Crippen molar-refractivity contribution in [2.24, 2.45) is 0 Å². The smallest absolute Gasteiger partial charge is 0.256 e. The van der Waals surface area contributed by atoms with Crippen molar-refractivity contribution in [1.82, 2.24) is 0 Å². The Morgan fingerprint density at radius 2 is 1.75 bits per heavy atom. The number of hydrogen-bond donors (Lipinski definition) is 0. The van der Waals surface area contributed by atoms with E-state index in [1.165, 1.54) is 0 Å². The van der Waals surface area contributed by atoms with Gasteiger partial charge >= 0.3 is 15.6 Å². The summed E-state index contributed by atoms with van der Waals surface area (Å²) in [7, 11) is -5.53. The lowest BCUT2D eigenvalue weighted by Crippen LogP contribution is -2.38. The maximum Gasteiger partial charge on any atom is 0.523 e. The summed E-state index contributed by atoms with van der Waals surface area (Å²) in [4.78, 5) is 0. The fraction of sp³-hybridized carbons (Fsp3) is 0.250. The van der Waals surface area contributed by atoms with Crippen molar-refractivity contribution in [2.45, 2.75) is 12.1 Å². The molecule has 0 bridgehead atoms. The van der Waals surface area contributed by atoms with Crippen LogP contribution in [0.15, 0.2) is 42.6 Å². The Bertz CT molecular complexity index is 708. The first-order valence-corrected chi connectivity index (χ1v) is 7.05. The quantitative estimate of drug-likeness (QED) is 0.493. The topological polar surface area (TPSA) is 47.3 Å². The number of benzene rings is 1. The lowest BCUT2D eigenvalue weighted by Gasteiger charge is -2.07. The molecule has 1 heterocycles. The maximum absolute atomic E-state index is 12.1. The van der Waals surface area contributed by atoms with E-state index < -0.39 is 22.2 Å². The maximum atomic E-state index is 12.1. The van der Waals surface area contributed by atoms with Crippen LogP contribution in [0.2, 0.25) is 0 Å². The molecule has 0 atom stereocenters. The average Bonchev–Trinajstić information content (AvgIpc) is 2.37. The molecule has 4 nitrogen and oxygen atoms in total. The van der Waals surface area contributed by atoms with Crippen LogP contribution >= 0.6 is 0 Å². The van der Waals surface area contributed by atoms with Crippen LogP contribution in [0.1, 0.15) is 0 Å².